The molecule has 2 aliphatic rings. The first-order valence-corrected chi connectivity index (χ1v) is 11.7. The van der Waals surface area contributed by atoms with Crippen LogP contribution in [0.1, 0.15) is 42.3 Å². The van der Waals surface area contributed by atoms with Gasteiger partial charge in [0.15, 0.2) is 11.5 Å². The van der Waals surface area contributed by atoms with E-state index in [1.165, 1.54) is 0 Å². The standard InChI is InChI=1S/C26H25BrN2O4/c1-4-32-19-9-5-16(6-10-19)26-29-22(20-14-18(27)8-12-23(20)33-26)15-21(28-29)17-7-11-24(30-2)25(13-17)31-3/h5-14,22,26H,4,15H2,1-3H3. The zero-order valence-corrected chi connectivity index (χ0v) is 20.3. The van der Waals surface area contributed by atoms with Crippen LogP contribution in [0.2, 0.25) is 0 Å². The number of hydrazone groups is 1. The minimum absolute atomic E-state index is 0.0610. The molecule has 2 atom stereocenters. The molecule has 0 radical (unpaired) electrons. The molecule has 7 heteroatoms. The molecule has 170 valence electrons. The first-order chi connectivity index (χ1) is 16.1. The molecule has 0 amide bonds. The second-order valence-electron chi connectivity index (χ2n) is 7.87. The van der Waals surface area contributed by atoms with Crippen LogP contribution >= 0.6 is 15.9 Å². The lowest BCUT2D eigenvalue weighted by Gasteiger charge is -2.38. The van der Waals surface area contributed by atoms with Crippen LogP contribution in [0.3, 0.4) is 0 Å². The summed E-state index contributed by atoms with van der Waals surface area (Å²) in [6.07, 6.45) is 0.424. The minimum atomic E-state index is -0.336. The highest BCUT2D eigenvalue weighted by Crippen LogP contribution is 2.48. The lowest BCUT2D eigenvalue weighted by atomic mass is 9.95. The Hall–Kier alpha value is -3.19. The van der Waals surface area contributed by atoms with Crippen molar-refractivity contribution in [2.75, 3.05) is 20.8 Å². The fourth-order valence-corrected chi connectivity index (χ4v) is 4.74. The van der Waals surface area contributed by atoms with Gasteiger partial charge < -0.3 is 18.9 Å². The van der Waals surface area contributed by atoms with Gasteiger partial charge in [-0.25, -0.2) is 5.01 Å². The Morgan fingerprint density at radius 2 is 1.79 bits per heavy atom. The molecule has 2 aliphatic heterocycles. The molecule has 6 nitrogen and oxygen atoms in total. The summed E-state index contributed by atoms with van der Waals surface area (Å²) in [6.45, 7) is 2.61. The lowest BCUT2D eigenvalue weighted by Crippen LogP contribution is -2.33. The first-order valence-electron chi connectivity index (χ1n) is 10.9. The van der Waals surface area contributed by atoms with Crippen LogP contribution in [-0.4, -0.2) is 31.5 Å². The van der Waals surface area contributed by atoms with E-state index < -0.39 is 0 Å². The number of benzene rings is 3. The Morgan fingerprint density at radius 3 is 2.52 bits per heavy atom. The van der Waals surface area contributed by atoms with Crippen LogP contribution in [0.4, 0.5) is 0 Å². The summed E-state index contributed by atoms with van der Waals surface area (Å²) < 4.78 is 24.0. The third-order valence-corrected chi connectivity index (χ3v) is 6.44. The number of hydrogen-bond donors (Lipinski definition) is 0. The molecule has 0 N–H and O–H groups in total. The predicted molar refractivity (Wildman–Crippen MR) is 130 cm³/mol. The monoisotopic (exact) mass is 508 g/mol. The van der Waals surface area contributed by atoms with Gasteiger partial charge in [-0.3, -0.25) is 0 Å². The summed E-state index contributed by atoms with van der Waals surface area (Å²) in [5, 5.41) is 7.10. The fraction of sp³-hybridized carbons (Fsp3) is 0.269. The van der Waals surface area contributed by atoms with Crippen LogP contribution in [0.5, 0.6) is 23.0 Å². The summed E-state index contributed by atoms with van der Waals surface area (Å²) in [4.78, 5) is 0. The van der Waals surface area contributed by atoms with Gasteiger partial charge in [-0.2, -0.15) is 5.10 Å². The zero-order chi connectivity index (χ0) is 22.9. The molecule has 0 saturated carbocycles. The Bertz CT molecular complexity index is 1200. The van der Waals surface area contributed by atoms with Gasteiger partial charge in [0.05, 0.1) is 32.6 Å². The van der Waals surface area contributed by atoms with Crippen molar-refractivity contribution in [3.8, 4) is 23.0 Å². The maximum atomic E-state index is 6.46. The second kappa shape index (κ2) is 8.98. The van der Waals surface area contributed by atoms with Crippen LogP contribution in [-0.2, 0) is 0 Å². The van der Waals surface area contributed by atoms with Crippen molar-refractivity contribution in [3.05, 3.63) is 81.8 Å². The Kier molecular flexibility index (Phi) is 5.89. The summed E-state index contributed by atoms with van der Waals surface area (Å²) in [5.74, 6) is 3.10. The molecule has 0 aliphatic carbocycles. The van der Waals surface area contributed by atoms with Gasteiger partial charge in [0.2, 0.25) is 6.23 Å². The van der Waals surface area contributed by atoms with Crippen LogP contribution in [0, 0.1) is 0 Å². The number of rotatable bonds is 6. The smallest absolute Gasteiger partial charge is 0.213 e. The Balaban J connectivity index is 1.55. The number of methoxy groups -OCH3 is 2. The van der Waals surface area contributed by atoms with Crippen molar-refractivity contribution in [3.63, 3.8) is 0 Å². The van der Waals surface area contributed by atoms with Crippen LogP contribution in [0.15, 0.2) is 70.2 Å². The van der Waals surface area contributed by atoms with Gasteiger partial charge in [0, 0.05) is 27.6 Å². The molecule has 3 aromatic carbocycles. The molecule has 3 aromatic rings. The predicted octanol–water partition coefficient (Wildman–Crippen LogP) is 6.11. The quantitative estimate of drug-likeness (QED) is 0.402. The van der Waals surface area contributed by atoms with Crippen molar-refractivity contribution in [1.82, 2.24) is 5.01 Å². The molecule has 33 heavy (non-hydrogen) atoms. The van der Waals surface area contributed by atoms with E-state index in [1.54, 1.807) is 14.2 Å². The third-order valence-electron chi connectivity index (χ3n) is 5.94. The van der Waals surface area contributed by atoms with Gasteiger partial charge >= 0.3 is 0 Å². The highest BCUT2D eigenvalue weighted by atomic mass is 79.9. The maximum Gasteiger partial charge on any atom is 0.213 e. The largest absolute Gasteiger partial charge is 0.494 e. The van der Waals surface area contributed by atoms with Crippen molar-refractivity contribution in [2.24, 2.45) is 5.10 Å². The normalized spacial score (nSPS) is 18.7. The molecule has 0 bridgehead atoms. The zero-order valence-electron chi connectivity index (χ0n) is 18.7. The molecular weight excluding hydrogens is 484 g/mol. The van der Waals surface area contributed by atoms with E-state index >= 15 is 0 Å². The summed E-state index contributed by atoms with van der Waals surface area (Å²) >= 11 is 3.61. The average molecular weight is 509 g/mol. The van der Waals surface area contributed by atoms with E-state index in [2.05, 4.69) is 27.0 Å². The molecule has 0 saturated heterocycles. The summed E-state index contributed by atoms with van der Waals surface area (Å²) in [5.41, 5.74) is 4.12. The van der Waals surface area contributed by atoms with Crippen molar-refractivity contribution < 1.29 is 18.9 Å². The van der Waals surface area contributed by atoms with E-state index in [1.807, 2.05) is 61.5 Å². The van der Waals surface area contributed by atoms with Crippen molar-refractivity contribution >= 4 is 21.6 Å². The van der Waals surface area contributed by atoms with E-state index in [4.69, 9.17) is 24.0 Å². The fourth-order valence-electron chi connectivity index (χ4n) is 4.36. The SMILES string of the molecule is CCOc1ccc(C2Oc3ccc(Br)cc3C3CC(c4ccc(OC)c(OC)c4)=NN32)cc1. The van der Waals surface area contributed by atoms with Gasteiger partial charge in [-0.1, -0.05) is 15.9 Å². The maximum absolute atomic E-state index is 6.46. The summed E-state index contributed by atoms with van der Waals surface area (Å²) in [6, 6.07) is 20.2. The van der Waals surface area contributed by atoms with Crippen LogP contribution in [0.25, 0.3) is 0 Å². The van der Waals surface area contributed by atoms with Gasteiger partial charge in [0.25, 0.3) is 0 Å². The van der Waals surface area contributed by atoms with E-state index in [0.717, 1.165) is 44.8 Å². The number of nitrogens with zero attached hydrogens (tertiary/aromatic N) is 2. The lowest BCUT2D eigenvalue weighted by molar-refractivity contribution is -0.0191. The number of ether oxygens (including phenoxy) is 4. The van der Waals surface area contributed by atoms with Gasteiger partial charge in [0.1, 0.15) is 11.5 Å². The van der Waals surface area contributed by atoms with Gasteiger partial charge in [-0.15, -0.1) is 0 Å². The Morgan fingerprint density at radius 1 is 1.00 bits per heavy atom. The van der Waals surface area contributed by atoms with E-state index in [0.29, 0.717) is 18.1 Å². The number of hydrogen-bond acceptors (Lipinski definition) is 6. The molecule has 5 rings (SSSR count). The minimum Gasteiger partial charge on any atom is -0.494 e. The molecule has 2 unspecified atom stereocenters. The molecule has 0 spiro atoms. The van der Waals surface area contributed by atoms with Gasteiger partial charge in [-0.05, 0) is 67.6 Å². The highest BCUT2D eigenvalue weighted by Gasteiger charge is 2.41. The van der Waals surface area contributed by atoms with Crippen molar-refractivity contribution in [2.45, 2.75) is 25.6 Å². The number of halogens is 1. The first kappa shape index (κ1) is 21.6. The van der Waals surface area contributed by atoms with Crippen LogP contribution < -0.4 is 18.9 Å². The highest BCUT2D eigenvalue weighted by molar-refractivity contribution is 9.10. The topological polar surface area (TPSA) is 52.5 Å². The number of fused-ring (bicyclic) bond motifs is 3. The average Bonchev–Trinajstić information content (AvgIpc) is 3.30. The summed E-state index contributed by atoms with van der Waals surface area (Å²) in [7, 11) is 3.28. The Labute approximate surface area is 201 Å². The molecule has 2 heterocycles. The van der Waals surface area contributed by atoms with Crippen molar-refractivity contribution in [1.29, 1.82) is 0 Å². The third kappa shape index (κ3) is 4.02. The van der Waals surface area contributed by atoms with E-state index in [9.17, 15) is 0 Å². The van der Waals surface area contributed by atoms with E-state index in [-0.39, 0.29) is 12.3 Å². The molecule has 0 fully saturated rings. The molecular formula is C26H25BrN2O4. The molecule has 0 aromatic heterocycles. The second-order valence-corrected chi connectivity index (χ2v) is 8.79.